The van der Waals surface area contributed by atoms with Crippen molar-refractivity contribution in [2.45, 2.75) is 63.8 Å². The van der Waals surface area contributed by atoms with Crippen molar-refractivity contribution in [3.05, 3.63) is 47.7 Å². The summed E-state index contributed by atoms with van der Waals surface area (Å²) in [4.78, 5) is 15.0. The fourth-order valence-corrected chi connectivity index (χ4v) is 3.93. The average Bonchev–Trinajstić information content (AvgIpc) is 3.14. The van der Waals surface area contributed by atoms with E-state index in [1.807, 2.05) is 6.07 Å². The Balaban J connectivity index is 1.83. The van der Waals surface area contributed by atoms with Gasteiger partial charge in [0, 0.05) is 29.8 Å². The van der Waals surface area contributed by atoms with Crippen molar-refractivity contribution in [2.24, 2.45) is 0 Å². The molecule has 0 spiro atoms. The molecule has 1 fully saturated rings. The molecule has 1 atom stereocenters. The van der Waals surface area contributed by atoms with Gasteiger partial charge in [-0.3, -0.25) is 4.79 Å². The lowest BCUT2D eigenvalue weighted by atomic mass is 9.92. The minimum Gasteiger partial charge on any atom is -0.481 e. The summed E-state index contributed by atoms with van der Waals surface area (Å²) in [7, 11) is 0. The Morgan fingerprint density at radius 2 is 1.96 bits per heavy atom. The van der Waals surface area contributed by atoms with Crippen molar-refractivity contribution in [3.63, 3.8) is 0 Å². The van der Waals surface area contributed by atoms with Crippen LogP contribution in [0, 0.1) is 11.6 Å². The highest BCUT2D eigenvalue weighted by Gasteiger charge is 2.21. The summed E-state index contributed by atoms with van der Waals surface area (Å²) in [5, 5.41) is 12.1. The number of hydrogen-bond acceptors (Lipinski definition) is 3. The molecule has 0 amide bonds. The van der Waals surface area contributed by atoms with Gasteiger partial charge < -0.3 is 10.4 Å². The second-order valence-electron chi connectivity index (χ2n) is 7.57. The Morgan fingerprint density at radius 1 is 1.29 bits per heavy atom. The maximum Gasteiger partial charge on any atom is 0.303 e. The summed E-state index contributed by atoms with van der Waals surface area (Å²) in [5.41, 5.74) is 1.14. The molecule has 150 valence electrons. The Morgan fingerprint density at radius 3 is 2.61 bits per heavy atom. The van der Waals surface area contributed by atoms with Crippen molar-refractivity contribution in [1.29, 1.82) is 0 Å². The molecule has 1 unspecified atom stereocenters. The van der Waals surface area contributed by atoms with E-state index in [4.69, 9.17) is 5.11 Å². The smallest absolute Gasteiger partial charge is 0.303 e. The van der Waals surface area contributed by atoms with Crippen LogP contribution in [0.4, 0.5) is 14.6 Å². The number of nitrogens with one attached hydrogen (secondary N) is 1. The van der Waals surface area contributed by atoms with E-state index in [2.05, 4.69) is 10.3 Å². The van der Waals surface area contributed by atoms with E-state index >= 15 is 0 Å². The van der Waals surface area contributed by atoms with Gasteiger partial charge in [-0.1, -0.05) is 19.8 Å². The Bertz CT molecular complexity index is 812. The van der Waals surface area contributed by atoms with Gasteiger partial charge in [-0.2, -0.15) is 0 Å². The highest BCUT2D eigenvalue weighted by molar-refractivity contribution is 5.75. The molecule has 1 aromatic heterocycles. The molecular weight excluding hydrogens is 362 g/mol. The fourth-order valence-electron chi connectivity index (χ4n) is 3.93. The number of carboxylic acid groups (broad SMARTS) is 1. The number of pyridine rings is 1. The normalized spacial score (nSPS) is 15.5. The SMILES string of the molecule is CC(CCCC(=O)O)c1c(F)cc(-c2cccnc2NC2CCCC2)cc1F. The van der Waals surface area contributed by atoms with Crippen LogP contribution in [-0.2, 0) is 4.79 Å². The van der Waals surface area contributed by atoms with Gasteiger partial charge in [-0.25, -0.2) is 13.8 Å². The average molecular weight is 388 g/mol. The second kappa shape index (κ2) is 9.13. The second-order valence-corrected chi connectivity index (χ2v) is 7.57. The predicted molar refractivity (Wildman–Crippen MR) is 105 cm³/mol. The fraction of sp³-hybridized carbons (Fsp3) is 0.455. The third kappa shape index (κ3) is 4.86. The molecule has 0 aliphatic heterocycles. The minimum absolute atomic E-state index is 0.00244. The van der Waals surface area contributed by atoms with Gasteiger partial charge >= 0.3 is 5.97 Å². The molecule has 2 aromatic rings. The highest BCUT2D eigenvalue weighted by atomic mass is 19.1. The van der Waals surface area contributed by atoms with E-state index in [-0.39, 0.29) is 12.0 Å². The first-order valence-corrected chi connectivity index (χ1v) is 9.88. The van der Waals surface area contributed by atoms with Gasteiger partial charge in [0.25, 0.3) is 0 Å². The summed E-state index contributed by atoms with van der Waals surface area (Å²) in [6.07, 6.45) is 6.98. The molecule has 1 aliphatic carbocycles. The van der Waals surface area contributed by atoms with E-state index in [0.717, 1.165) is 12.8 Å². The molecule has 0 radical (unpaired) electrons. The van der Waals surface area contributed by atoms with E-state index in [1.165, 1.54) is 25.0 Å². The minimum atomic E-state index is -0.901. The largest absolute Gasteiger partial charge is 0.481 e. The first-order chi connectivity index (χ1) is 13.5. The van der Waals surface area contributed by atoms with Crippen LogP contribution in [0.3, 0.4) is 0 Å². The van der Waals surface area contributed by atoms with Crippen molar-refractivity contribution in [3.8, 4) is 11.1 Å². The van der Waals surface area contributed by atoms with Crippen molar-refractivity contribution < 1.29 is 18.7 Å². The summed E-state index contributed by atoms with van der Waals surface area (Å²) in [6.45, 7) is 1.72. The van der Waals surface area contributed by atoms with E-state index in [0.29, 0.717) is 35.8 Å². The van der Waals surface area contributed by atoms with Crippen LogP contribution >= 0.6 is 0 Å². The molecule has 4 nitrogen and oxygen atoms in total. The molecule has 2 N–H and O–H groups in total. The van der Waals surface area contributed by atoms with Crippen LogP contribution < -0.4 is 5.32 Å². The highest BCUT2D eigenvalue weighted by Crippen LogP contribution is 2.34. The number of benzene rings is 1. The quantitative estimate of drug-likeness (QED) is 0.605. The van der Waals surface area contributed by atoms with Gasteiger partial charge in [0.1, 0.15) is 17.5 Å². The molecular formula is C22H26F2N2O2. The van der Waals surface area contributed by atoms with Crippen LogP contribution in [0.1, 0.15) is 63.4 Å². The number of carboxylic acids is 1. The monoisotopic (exact) mass is 388 g/mol. The van der Waals surface area contributed by atoms with Crippen molar-refractivity contribution in [1.82, 2.24) is 4.98 Å². The van der Waals surface area contributed by atoms with E-state index < -0.39 is 23.5 Å². The lowest BCUT2D eigenvalue weighted by molar-refractivity contribution is -0.137. The Hall–Kier alpha value is -2.50. The first kappa shape index (κ1) is 20.2. The maximum absolute atomic E-state index is 14.8. The molecule has 0 bridgehead atoms. The zero-order valence-electron chi connectivity index (χ0n) is 16.0. The topological polar surface area (TPSA) is 62.2 Å². The van der Waals surface area contributed by atoms with Crippen LogP contribution in [0.15, 0.2) is 30.5 Å². The number of aromatic nitrogens is 1. The van der Waals surface area contributed by atoms with Crippen LogP contribution in [0.2, 0.25) is 0 Å². The van der Waals surface area contributed by atoms with Crippen molar-refractivity contribution >= 4 is 11.8 Å². The standard InChI is InChI=1S/C22H26F2N2O2/c1-14(6-4-10-20(27)28)21-18(23)12-15(13-19(21)24)17-9-5-11-25-22(17)26-16-7-2-3-8-16/h5,9,11-14,16H,2-4,6-8,10H2,1H3,(H,25,26)(H,27,28). The number of carbonyl (C=O) groups is 1. The number of anilines is 1. The zero-order chi connectivity index (χ0) is 20.1. The maximum atomic E-state index is 14.8. The Kier molecular flexibility index (Phi) is 6.60. The van der Waals surface area contributed by atoms with Crippen molar-refractivity contribution in [2.75, 3.05) is 5.32 Å². The summed E-state index contributed by atoms with van der Waals surface area (Å²) < 4.78 is 29.5. The number of nitrogens with zero attached hydrogens (tertiary/aromatic N) is 1. The van der Waals surface area contributed by atoms with Crippen LogP contribution in [-0.4, -0.2) is 22.1 Å². The van der Waals surface area contributed by atoms with Gasteiger partial charge in [0.15, 0.2) is 0 Å². The molecule has 3 rings (SSSR count). The van der Waals surface area contributed by atoms with Gasteiger partial charge in [-0.05, 0) is 61.4 Å². The molecule has 1 aromatic carbocycles. The number of rotatable bonds is 8. The van der Waals surface area contributed by atoms with E-state index in [1.54, 1.807) is 19.2 Å². The lowest BCUT2D eigenvalue weighted by Gasteiger charge is -2.18. The number of halogens is 2. The predicted octanol–water partition coefficient (Wildman–Crippen LogP) is 5.74. The Labute approximate surface area is 164 Å². The summed E-state index contributed by atoms with van der Waals surface area (Å²) >= 11 is 0. The van der Waals surface area contributed by atoms with Gasteiger partial charge in [0.05, 0.1) is 0 Å². The van der Waals surface area contributed by atoms with E-state index in [9.17, 15) is 13.6 Å². The number of aliphatic carboxylic acids is 1. The molecule has 0 saturated heterocycles. The summed E-state index contributed by atoms with van der Waals surface area (Å²) in [6, 6.07) is 6.62. The molecule has 1 heterocycles. The molecule has 28 heavy (non-hydrogen) atoms. The molecule has 1 saturated carbocycles. The molecule has 1 aliphatic rings. The first-order valence-electron chi connectivity index (χ1n) is 9.88. The third-order valence-corrected chi connectivity index (χ3v) is 5.41. The van der Waals surface area contributed by atoms with Gasteiger partial charge in [-0.15, -0.1) is 0 Å². The van der Waals surface area contributed by atoms with Crippen LogP contribution in [0.25, 0.3) is 11.1 Å². The third-order valence-electron chi connectivity index (χ3n) is 5.41. The van der Waals surface area contributed by atoms with Gasteiger partial charge in [0.2, 0.25) is 0 Å². The zero-order valence-corrected chi connectivity index (χ0v) is 16.0. The number of hydrogen-bond donors (Lipinski definition) is 2. The molecule has 6 heteroatoms. The lowest BCUT2D eigenvalue weighted by Crippen LogP contribution is -2.16. The summed E-state index contributed by atoms with van der Waals surface area (Å²) in [5.74, 6) is -1.85. The van der Waals surface area contributed by atoms with Crippen LogP contribution in [0.5, 0.6) is 0 Å².